The molecule has 0 N–H and O–H groups in total. The van der Waals surface area contributed by atoms with Crippen LogP contribution in [0.25, 0.3) is 0 Å². The van der Waals surface area contributed by atoms with E-state index in [0.717, 1.165) is 5.56 Å². The van der Waals surface area contributed by atoms with E-state index < -0.39 is 0 Å². The summed E-state index contributed by atoms with van der Waals surface area (Å²) in [6.07, 6.45) is 0. The van der Waals surface area contributed by atoms with E-state index in [4.69, 9.17) is 0 Å². The molecule has 0 amide bonds. The van der Waals surface area contributed by atoms with Gasteiger partial charge in [0.15, 0.2) is 0 Å². The standard InChI is InChI=1S/C11H16N2O2/c1-8(2)9-5-6-10(12(3)4)11(7-9)13(14)15/h5-8H,1-4H3. The maximum atomic E-state index is 10.9. The highest BCUT2D eigenvalue weighted by Crippen LogP contribution is 2.30. The average molecular weight is 208 g/mol. The van der Waals surface area contributed by atoms with Crippen molar-refractivity contribution < 1.29 is 4.92 Å². The molecular formula is C11H16N2O2. The summed E-state index contributed by atoms with van der Waals surface area (Å²) in [6, 6.07) is 5.39. The van der Waals surface area contributed by atoms with E-state index in [1.807, 2.05) is 19.9 Å². The number of benzene rings is 1. The zero-order valence-corrected chi connectivity index (χ0v) is 9.52. The van der Waals surface area contributed by atoms with E-state index in [9.17, 15) is 10.1 Å². The lowest BCUT2D eigenvalue weighted by Gasteiger charge is -2.14. The maximum absolute atomic E-state index is 10.9. The van der Waals surface area contributed by atoms with E-state index in [1.165, 1.54) is 0 Å². The van der Waals surface area contributed by atoms with Crippen molar-refractivity contribution in [3.05, 3.63) is 33.9 Å². The third kappa shape index (κ3) is 2.46. The van der Waals surface area contributed by atoms with Crippen molar-refractivity contribution in [2.24, 2.45) is 0 Å². The van der Waals surface area contributed by atoms with Crippen LogP contribution in [0.5, 0.6) is 0 Å². The number of nitro groups is 1. The third-order valence-electron chi connectivity index (χ3n) is 2.34. The fourth-order valence-electron chi connectivity index (χ4n) is 1.42. The highest BCUT2D eigenvalue weighted by molar-refractivity contribution is 5.63. The van der Waals surface area contributed by atoms with Crippen molar-refractivity contribution in [3.63, 3.8) is 0 Å². The Bertz CT molecular complexity index is 373. The minimum atomic E-state index is -0.332. The summed E-state index contributed by atoms with van der Waals surface area (Å²) in [7, 11) is 3.61. The van der Waals surface area contributed by atoms with E-state index in [-0.39, 0.29) is 10.6 Å². The van der Waals surface area contributed by atoms with E-state index in [1.54, 1.807) is 31.1 Å². The van der Waals surface area contributed by atoms with Crippen LogP contribution >= 0.6 is 0 Å². The van der Waals surface area contributed by atoms with Gasteiger partial charge in [0.05, 0.1) is 4.92 Å². The van der Waals surface area contributed by atoms with Crippen LogP contribution in [0.2, 0.25) is 0 Å². The minimum absolute atomic E-state index is 0.172. The number of nitro benzene ring substituents is 1. The van der Waals surface area contributed by atoms with Crippen LogP contribution in [-0.2, 0) is 0 Å². The fourth-order valence-corrected chi connectivity index (χ4v) is 1.42. The molecule has 0 fully saturated rings. The quantitative estimate of drug-likeness (QED) is 0.566. The Hall–Kier alpha value is -1.58. The summed E-state index contributed by atoms with van der Waals surface area (Å²) in [5.74, 6) is 0.305. The molecule has 0 spiro atoms. The Balaban J connectivity index is 3.27. The van der Waals surface area contributed by atoms with Gasteiger partial charge < -0.3 is 4.90 Å². The molecule has 82 valence electrons. The molecular weight excluding hydrogens is 192 g/mol. The van der Waals surface area contributed by atoms with Crippen LogP contribution in [0.1, 0.15) is 25.3 Å². The van der Waals surface area contributed by atoms with Crippen molar-refractivity contribution in [2.45, 2.75) is 19.8 Å². The summed E-state index contributed by atoms with van der Waals surface area (Å²) >= 11 is 0. The molecule has 1 aromatic rings. The molecule has 0 heterocycles. The minimum Gasteiger partial charge on any atom is -0.372 e. The zero-order chi connectivity index (χ0) is 11.6. The molecule has 0 saturated heterocycles. The molecule has 15 heavy (non-hydrogen) atoms. The number of hydrogen-bond donors (Lipinski definition) is 0. The average Bonchev–Trinajstić information content (AvgIpc) is 2.16. The number of nitrogens with zero attached hydrogens (tertiary/aromatic N) is 2. The first-order chi connectivity index (χ1) is 6.93. The van der Waals surface area contributed by atoms with E-state index >= 15 is 0 Å². The van der Waals surface area contributed by atoms with Crippen molar-refractivity contribution >= 4 is 11.4 Å². The van der Waals surface area contributed by atoms with Gasteiger partial charge >= 0.3 is 0 Å². The Morgan fingerprint density at radius 3 is 2.33 bits per heavy atom. The van der Waals surface area contributed by atoms with Crippen molar-refractivity contribution in [1.29, 1.82) is 0 Å². The van der Waals surface area contributed by atoms with Crippen LogP contribution in [0.3, 0.4) is 0 Å². The van der Waals surface area contributed by atoms with Crippen LogP contribution < -0.4 is 4.90 Å². The van der Waals surface area contributed by atoms with Crippen LogP contribution in [-0.4, -0.2) is 19.0 Å². The first kappa shape index (κ1) is 11.5. The molecule has 0 radical (unpaired) electrons. The topological polar surface area (TPSA) is 46.4 Å². The second-order valence-corrected chi connectivity index (χ2v) is 4.05. The van der Waals surface area contributed by atoms with Gasteiger partial charge in [-0.3, -0.25) is 10.1 Å². The van der Waals surface area contributed by atoms with Crippen LogP contribution in [0.15, 0.2) is 18.2 Å². The fraction of sp³-hybridized carbons (Fsp3) is 0.455. The van der Waals surface area contributed by atoms with E-state index in [2.05, 4.69) is 0 Å². The van der Waals surface area contributed by atoms with Gasteiger partial charge in [0.1, 0.15) is 5.69 Å². The molecule has 0 aliphatic carbocycles. The largest absolute Gasteiger partial charge is 0.372 e. The Morgan fingerprint density at radius 1 is 1.33 bits per heavy atom. The lowest BCUT2D eigenvalue weighted by molar-refractivity contribution is -0.384. The molecule has 4 heteroatoms. The molecule has 1 aromatic carbocycles. The zero-order valence-electron chi connectivity index (χ0n) is 9.52. The number of anilines is 1. The molecule has 0 aromatic heterocycles. The maximum Gasteiger partial charge on any atom is 0.292 e. The number of hydrogen-bond acceptors (Lipinski definition) is 3. The van der Waals surface area contributed by atoms with Gasteiger partial charge in [-0.1, -0.05) is 19.9 Å². The SMILES string of the molecule is CC(C)c1ccc(N(C)C)c([N+](=O)[O-])c1. The second-order valence-electron chi connectivity index (χ2n) is 4.05. The molecule has 0 aliphatic heterocycles. The van der Waals surface area contributed by atoms with Gasteiger partial charge in [-0.2, -0.15) is 0 Å². The summed E-state index contributed by atoms with van der Waals surface area (Å²) < 4.78 is 0. The van der Waals surface area contributed by atoms with Gasteiger partial charge in [-0.25, -0.2) is 0 Å². The summed E-state index contributed by atoms with van der Waals surface area (Å²) in [4.78, 5) is 12.3. The van der Waals surface area contributed by atoms with Crippen molar-refractivity contribution in [1.82, 2.24) is 0 Å². The summed E-state index contributed by atoms with van der Waals surface area (Å²) in [6.45, 7) is 4.04. The monoisotopic (exact) mass is 208 g/mol. The highest BCUT2D eigenvalue weighted by Gasteiger charge is 2.16. The smallest absolute Gasteiger partial charge is 0.292 e. The van der Waals surface area contributed by atoms with Gasteiger partial charge in [0.25, 0.3) is 5.69 Å². The molecule has 0 unspecified atom stereocenters. The van der Waals surface area contributed by atoms with Crippen molar-refractivity contribution in [2.75, 3.05) is 19.0 Å². The molecule has 0 bridgehead atoms. The van der Waals surface area contributed by atoms with Gasteiger partial charge in [0.2, 0.25) is 0 Å². The lowest BCUT2D eigenvalue weighted by atomic mass is 10.0. The summed E-state index contributed by atoms with van der Waals surface area (Å²) in [5, 5.41) is 10.9. The molecule has 0 saturated carbocycles. The second kappa shape index (κ2) is 4.29. The predicted molar refractivity (Wildman–Crippen MR) is 61.5 cm³/mol. The number of rotatable bonds is 3. The molecule has 1 rings (SSSR count). The predicted octanol–water partition coefficient (Wildman–Crippen LogP) is 2.78. The highest BCUT2D eigenvalue weighted by atomic mass is 16.6. The van der Waals surface area contributed by atoms with Crippen LogP contribution in [0.4, 0.5) is 11.4 Å². The third-order valence-corrected chi connectivity index (χ3v) is 2.34. The normalized spacial score (nSPS) is 10.5. The Labute approximate surface area is 89.7 Å². The van der Waals surface area contributed by atoms with Gasteiger partial charge in [-0.15, -0.1) is 0 Å². The van der Waals surface area contributed by atoms with E-state index in [0.29, 0.717) is 11.6 Å². The van der Waals surface area contributed by atoms with Crippen LogP contribution in [0, 0.1) is 10.1 Å². The molecule has 0 atom stereocenters. The van der Waals surface area contributed by atoms with Gasteiger partial charge in [0, 0.05) is 20.2 Å². The molecule has 4 nitrogen and oxygen atoms in total. The first-order valence-corrected chi connectivity index (χ1v) is 4.89. The van der Waals surface area contributed by atoms with Crippen molar-refractivity contribution in [3.8, 4) is 0 Å². The van der Waals surface area contributed by atoms with Gasteiger partial charge in [-0.05, 0) is 17.5 Å². The lowest BCUT2D eigenvalue weighted by Crippen LogP contribution is -2.11. The summed E-state index contributed by atoms with van der Waals surface area (Å²) in [5.41, 5.74) is 1.81. The first-order valence-electron chi connectivity index (χ1n) is 4.89. The Morgan fingerprint density at radius 2 is 1.93 bits per heavy atom. The molecule has 0 aliphatic rings. The Kier molecular flexibility index (Phi) is 3.29.